The zero-order valence-corrected chi connectivity index (χ0v) is 14.9. The first-order valence-electron chi connectivity index (χ1n) is 8.74. The highest BCUT2D eigenvalue weighted by molar-refractivity contribution is 5.74. The molecule has 0 fully saturated rings. The Balaban J connectivity index is 1.88. The lowest BCUT2D eigenvalue weighted by atomic mass is 10.0. The van der Waals surface area contributed by atoms with Gasteiger partial charge < -0.3 is 15.7 Å². The zero-order valence-electron chi connectivity index (χ0n) is 14.9. The first-order valence-corrected chi connectivity index (χ1v) is 8.74. The van der Waals surface area contributed by atoms with E-state index in [1.54, 1.807) is 12.4 Å². The molecule has 6 nitrogen and oxygen atoms in total. The minimum absolute atomic E-state index is 0.0182. The van der Waals surface area contributed by atoms with E-state index in [0.717, 1.165) is 11.1 Å². The molecule has 3 N–H and O–H groups in total. The first kappa shape index (κ1) is 19.4. The number of hydrogen-bond acceptors (Lipinski definition) is 3. The van der Waals surface area contributed by atoms with Gasteiger partial charge in [0.15, 0.2) is 0 Å². The van der Waals surface area contributed by atoms with Crippen LogP contribution in [-0.4, -0.2) is 34.2 Å². The average molecular weight is 355 g/mol. The second-order valence-corrected chi connectivity index (χ2v) is 6.40. The van der Waals surface area contributed by atoms with Crippen molar-refractivity contribution in [1.29, 1.82) is 0 Å². The van der Waals surface area contributed by atoms with E-state index in [0.29, 0.717) is 19.3 Å². The van der Waals surface area contributed by atoms with Crippen molar-refractivity contribution in [2.24, 2.45) is 0 Å². The highest BCUT2D eigenvalue weighted by atomic mass is 16.4. The molecule has 0 aliphatic rings. The van der Waals surface area contributed by atoms with Gasteiger partial charge in [-0.3, -0.25) is 9.78 Å². The molecule has 0 aliphatic carbocycles. The van der Waals surface area contributed by atoms with Crippen molar-refractivity contribution in [3.8, 4) is 0 Å². The minimum Gasteiger partial charge on any atom is -0.481 e. The molecular formula is C20H25N3O3. The van der Waals surface area contributed by atoms with Gasteiger partial charge in [0.05, 0.1) is 0 Å². The maximum Gasteiger partial charge on any atom is 0.315 e. The van der Waals surface area contributed by atoms with Gasteiger partial charge in [-0.2, -0.15) is 0 Å². The molecule has 138 valence electrons. The molecule has 0 radical (unpaired) electrons. The summed E-state index contributed by atoms with van der Waals surface area (Å²) in [7, 11) is 0. The fourth-order valence-corrected chi connectivity index (χ4v) is 2.80. The predicted octanol–water partition coefficient (Wildman–Crippen LogP) is 2.79. The van der Waals surface area contributed by atoms with Gasteiger partial charge in [0.25, 0.3) is 0 Å². The Kier molecular flexibility index (Phi) is 7.61. The molecule has 0 bridgehead atoms. The Hall–Kier alpha value is -2.89. The van der Waals surface area contributed by atoms with Crippen molar-refractivity contribution in [3.63, 3.8) is 0 Å². The van der Waals surface area contributed by atoms with Crippen LogP contribution in [-0.2, 0) is 17.6 Å². The average Bonchev–Trinajstić information content (AvgIpc) is 2.61. The van der Waals surface area contributed by atoms with Crippen LogP contribution in [0.1, 0.15) is 30.9 Å². The van der Waals surface area contributed by atoms with E-state index < -0.39 is 5.97 Å². The fourth-order valence-electron chi connectivity index (χ4n) is 2.80. The second-order valence-electron chi connectivity index (χ2n) is 6.40. The summed E-state index contributed by atoms with van der Waals surface area (Å²) in [6.07, 6.45) is 5.16. The standard InChI is InChI=1S/C20H25N3O3/c1-15(13-17-9-11-21-12-10-17)22-20(26)23-18(7-8-19(24)25)14-16-5-3-2-4-6-16/h2-6,9-12,15,18H,7-8,13-14H2,1H3,(H,24,25)(H2,22,23,26). The third-order valence-electron chi connectivity index (χ3n) is 4.04. The third-order valence-corrected chi connectivity index (χ3v) is 4.04. The van der Waals surface area contributed by atoms with Crippen LogP contribution in [0.25, 0.3) is 0 Å². The third kappa shape index (κ3) is 7.34. The van der Waals surface area contributed by atoms with Gasteiger partial charge in [-0.1, -0.05) is 30.3 Å². The number of amides is 2. The van der Waals surface area contributed by atoms with Gasteiger partial charge in [0.1, 0.15) is 0 Å². The Labute approximate surface area is 153 Å². The van der Waals surface area contributed by atoms with Gasteiger partial charge in [-0.25, -0.2) is 4.79 Å². The lowest BCUT2D eigenvalue weighted by Crippen LogP contribution is -2.46. The van der Waals surface area contributed by atoms with Crippen LogP contribution in [0.5, 0.6) is 0 Å². The maximum atomic E-state index is 12.3. The number of carbonyl (C=O) groups excluding carboxylic acids is 1. The quantitative estimate of drug-likeness (QED) is 0.645. The summed E-state index contributed by atoms with van der Waals surface area (Å²) in [6.45, 7) is 1.93. The molecule has 1 aromatic heterocycles. The number of benzene rings is 1. The van der Waals surface area contributed by atoms with Crippen LogP contribution < -0.4 is 10.6 Å². The number of pyridine rings is 1. The van der Waals surface area contributed by atoms with Crippen molar-refractivity contribution in [2.75, 3.05) is 0 Å². The summed E-state index contributed by atoms with van der Waals surface area (Å²) in [5, 5.41) is 14.8. The number of carboxylic acids is 1. The largest absolute Gasteiger partial charge is 0.481 e. The molecule has 0 spiro atoms. The molecule has 2 aromatic rings. The summed E-state index contributed by atoms with van der Waals surface area (Å²) in [6, 6.07) is 13.0. The molecule has 26 heavy (non-hydrogen) atoms. The molecule has 2 amide bonds. The molecule has 1 heterocycles. The van der Waals surface area contributed by atoms with Crippen LogP contribution in [0.3, 0.4) is 0 Å². The van der Waals surface area contributed by atoms with Crippen LogP contribution in [0.4, 0.5) is 4.79 Å². The summed E-state index contributed by atoms with van der Waals surface area (Å²) in [5.41, 5.74) is 2.16. The monoisotopic (exact) mass is 355 g/mol. The van der Waals surface area contributed by atoms with Crippen LogP contribution in [0, 0.1) is 0 Å². The summed E-state index contributed by atoms with van der Waals surface area (Å²) in [4.78, 5) is 27.2. The Morgan fingerprint density at radius 1 is 1.00 bits per heavy atom. The molecule has 1 aromatic carbocycles. The van der Waals surface area contributed by atoms with Crippen LogP contribution in [0.2, 0.25) is 0 Å². The van der Waals surface area contributed by atoms with E-state index in [1.165, 1.54) is 0 Å². The number of nitrogens with zero attached hydrogens (tertiary/aromatic N) is 1. The van der Waals surface area contributed by atoms with E-state index in [-0.39, 0.29) is 24.5 Å². The van der Waals surface area contributed by atoms with Crippen molar-refractivity contribution < 1.29 is 14.7 Å². The predicted molar refractivity (Wildman–Crippen MR) is 99.9 cm³/mol. The normalized spacial score (nSPS) is 12.8. The number of urea groups is 1. The molecular weight excluding hydrogens is 330 g/mol. The Bertz CT molecular complexity index is 692. The van der Waals surface area contributed by atoms with Crippen molar-refractivity contribution >= 4 is 12.0 Å². The minimum atomic E-state index is -0.865. The topological polar surface area (TPSA) is 91.3 Å². The van der Waals surface area contributed by atoms with E-state index in [4.69, 9.17) is 5.11 Å². The van der Waals surface area contributed by atoms with E-state index in [1.807, 2.05) is 49.4 Å². The number of carbonyl (C=O) groups is 2. The molecule has 0 aliphatic heterocycles. The van der Waals surface area contributed by atoms with E-state index >= 15 is 0 Å². The van der Waals surface area contributed by atoms with E-state index in [2.05, 4.69) is 15.6 Å². The molecule has 2 atom stereocenters. The van der Waals surface area contributed by atoms with Gasteiger partial charge in [-0.15, -0.1) is 0 Å². The number of nitrogens with one attached hydrogen (secondary N) is 2. The highest BCUT2D eigenvalue weighted by Crippen LogP contribution is 2.08. The van der Waals surface area contributed by atoms with Gasteiger partial charge in [-0.05, 0) is 49.4 Å². The number of aliphatic carboxylic acids is 1. The molecule has 0 saturated carbocycles. The van der Waals surface area contributed by atoms with E-state index in [9.17, 15) is 9.59 Å². The lowest BCUT2D eigenvalue weighted by molar-refractivity contribution is -0.137. The van der Waals surface area contributed by atoms with Gasteiger partial charge in [0, 0.05) is 30.9 Å². The van der Waals surface area contributed by atoms with Gasteiger partial charge >= 0.3 is 12.0 Å². The van der Waals surface area contributed by atoms with Crippen molar-refractivity contribution in [3.05, 3.63) is 66.0 Å². The van der Waals surface area contributed by atoms with Crippen molar-refractivity contribution in [2.45, 2.75) is 44.7 Å². The fraction of sp³-hybridized carbons (Fsp3) is 0.350. The number of carboxylic acid groups (broad SMARTS) is 1. The highest BCUT2D eigenvalue weighted by Gasteiger charge is 2.16. The van der Waals surface area contributed by atoms with Crippen LogP contribution >= 0.6 is 0 Å². The maximum absolute atomic E-state index is 12.3. The Morgan fingerprint density at radius 3 is 2.31 bits per heavy atom. The second kappa shape index (κ2) is 10.2. The summed E-state index contributed by atoms with van der Waals surface area (Å²) >= 11 is 0. The van der Waals surface area contributed by atoms with Crippen molar-refractivity contribution in [1.82, 2.24) is 15.6 Å². The summed E-state index contributed by atoms with van der Waals surface area (Å²) < 4.78 is 0. The smallest absolute Gasteiger partial charge is 0.315 e. The van der Waals surface area contributed by atoms with Crippen LogP contribution in [0.15, 0.2) is 54.9 Å². The van der Waals surface area contributed by atoms with Gasteiger partial charge in [0.2, 0.25) is 0 Å². The lowest BCUT2D eigenvalue weighted by Gasteiger charge is -2.21. The number of hydrogen-bond donors (Lipinski definition) is 3. The first-order chi connectivity index (χ1) is 12.5. The molecule has 2 unspecified atom stereocenters. The SMILES string of the molecule is CC(Cc1ccncc1)NC(=O)NC(CCC(=O)O)Cc1ccccc1. The molecule has 6 heteroatoms. The number of aromatic nitrogens is 1. The zero-order chi connectivity index (χ0) is 18.8. The molecule has 0 saturated heterocycles. The number of rotatable bonds is 9. The molecule has 2 rings (SSSR count). The Morgan fingerprint density at radius 2 is 1.65 bits per heavy atom. The summed E-state index contributed by atoms with van der Waals surface area (Å²) in [5.74, 6) is -0.865.